The lowest BCUT2D eigenvalue weighted by Crippen LogP contribution is -2.26. The summed E-state index contributed by atoms with van der Waals surface area (Å²) in [4.78, 5) is 17.8. The van der Waals surface area contributed by atoms with E-state index >= 15 is 0 Å². The van der Waals surface area contributed by atoms with E-state index in [-0.39, 0.29) is 10.7 Å². The molecule has 0 aliphatic rings. The van der Waals surface area contributed by atoms with Gasteiger partial charge in [0.15, 0.2) is 5.13 Å². The Morgan fingerprint density at radius 2 is 1.72 bits per heavy atom. The number of hydrogen-bond acceptors (Lipinski definition) is 6. The largest absolute Gasteiger partial charge is 0.361 e. The second kappa shape index (κ2) is 9.60. The van der Waals surface area contributed by atoms with Crippen LogP contribution in [0.3, 0.4) is 0 Å². The molecule has 6 nitrogen and oxygen atoms in total. The highest BCUT2D eigenvalue weighted by molar-refractivity contribution is 7.89. The van der Waals surface area contributed by atoms with Gasteiger partial charge in [0.2, 0.25) is 15.8 Å². The van der Waals surface area contributed by atoms with E-state index in [1.807, 2.05) is 61.5 Å². The molecule has 0 atom stereocenters. The summed E-state index contributed by atoms with van der Waals surface area (Å²) in [7, 11) is -3.61. The van der Waals surface area contributed by atoms with Gasteiger partial charge in [-0.25, -0.2) is 18.1 Å². The second-order valence-corrected chi connectivity index (χ2v) is 10.1. The maximum absolute atomic E-state index is 12.7. The van der Waals surface area contributed by atoms with Crippen molar-refractivity contribution >= 4 is 43.0 Å². The number of thiazole rings is 1. The van der Waals surface area contributed by atoms with Crippen LogP contribution in [0.2, 0.25) is 0 Å². The molecule has 1 aromatic heterocycles. The molecule has 4 rings (SSSR count). The minimum Gasteiger partial charge on any atom is -0.361 e. The number of sulfonamides is 1. The van der Waals surface area contributed by atoms with E-state index < -0.39 is 10.0 Å². The van der Waals surface area contributed by atoms with Gasteiger partial charge in [-0.3, -0.25) is 4.79 Å². The summed E-state index contributed by atoms with van der Waals surface area (Å²) in [5.41, 5.74) is 1.60. The number of aryl methyl sites for hydroxylation is 1. The van der Waals surface area contributed by atoms with Crippen LogP contribution in [0.1, 0.15) is 27.2 Å². The first-order chi connectivity index (χ1) is 15.5. The maximum Gasteiger partial charge on any atom is 0.241 e. The molecule has 8 heteroatoms. The molecule has 4 aromatic rings. The standard InChI is InChI=1S/C24H23N3O3S2/c1-17-8-2-4-11-19(17)23(28)21-16-26-24(31-21)25-14-7-15-27-32(29,30)22-13-6-10-18-9-3-5-12-20(18)22/h2-6,8-13,16,27H,7,14-15H2,1H3,(H,25,26). The third kappa shape index (κ3) is 4.88. The van der Waals surface area contributed by atoms with E-state index in [4.69, 9.17) is 0 Å². The zero-order valence-corrected chi connectivity index (χ0v) is 19.2. The van der Waals surface area contributed by atoms with Gasteiger partial charge in [-0.15, -0.1) is 0 Å². The van der Waals surface area contributed by atoms with E-state index in [1.54, 1.807) is 18.3 Å². The number of anilines is 1. The second-order valence-electron chi connectivity index (χ2n) is 7.33. The average molecular weight is 466 g/mol. The van der Waals surface area contributed by atoms with Gasteiger partial charge >= 0.3 is 0 Å². The lowest BCUT2D eigenvalue weighted by molar-refractivity contribution is 0.104. The van der Waals surface area contributed by atoms with E-state index in [2.05, 4.69) is 15.0 Å². The Morgan fingerprint density at radius 3 is 2.56 bits per heavy atom. The molecule has 0 bridgehead atoms. The highest BCUT2D eigenvalue weighted by Crippen LogP contribution is 2.24. The van der Waals surface area contributed by atoms with Crippen molar-refractivity contribution in [2.75, 3.05) is 18.4 Å². The number of hydrogen-bond donors (Lipinski definition) is 2. The normalized spacial score (nSPS) is 11.5. The molecule has 0 saturated heterocycles. The summed E-state index contributed by atoms with van der Waals surface area (Å²) in [5, 5.41) is 5.39. The van der Waals surface area contributed by atoms with Crippen molar-refractivity contribution in [2.24, 2.45) is 0 Å². The zero-order valence-electron chi connectivity index (χ0n) is 17.5. The summed E-state index contributed by atoms with van der Waals surface area (Å²) in [6.07, 6.45) is 2.15. The van der Waals surface area contributed by atoms with Gasteiger partial charge in [-0.2, -0.15) is 0 Å². The monoisotopic (exact) mass is 465 g/mol. The molecule has 1 heterocycles. The number of carbonyl (C=O) groups is 1. The van der Waals surface area contributed by atoms with Gasteiger partial charge in [0.25, 0.3) is 0 Å². The third-order valence-corrected chi connectivity index (χ3v) is 7.55. The van der Waals surface area contributed by atoms with Crippen LogP contribution in [-0.2, 0) is 10.0 Å². The molecule has 3 aromatic carbocycles. The van der Waals surface area contributed by atoms with E-state index in [0.29, 0.717) is 40.5 Å². The van der Waals surface area contributed by atoms with E-state index in [9.17, 15) is 13.2 Å². The van der Waals surface area contributed by atoms with Gasteiger partial charge in [-0.1, -0.05) is 72.0 Å². The first-order valence-corrected chi connectivity index (χ1v) is 12.5. The SMILES string of the molecule is Cc1ccccc1C(=O)c1cnc(NCCCNS(=O)(=O)c2cccc3ccccc23)s1. The average Bonchev–Trinajstić information content (AvgIpc) is 3.27. The molecule has 32 heavy (non-hydrogen) atoms. The number of nitrogens with zero attached hydrogens (tertiary/aromatic N) is 1. The first-order valence-electron chi connectivity index (χ1n) is 10.2. The lowest BCUT2D eigenvalue weighted by atomic mass is 10.0. The molecule has 0 amide bonds. The van der Waals surface area contributed by atoms with Gasteiger partial charge in [0.1, 0.15) is 0 Å². The van der Waals surface area contributed by atoms with Crippen LogP contribution in [0.15, 0.2) is 77.8 Å². The summed E-state index contributed by atoms with van der Waals surface area (Å²) in [5.74, 6) is -0.0449. The Bertz CT molecular complexity index is 1360. The Morgan fingerprint density at radius 1 is 0.969 bits per heavy atom. The van der Waals surface area contributed by atoms with Crippen LogP contribution >= 0.6 is 11.3 Å². The quantitative estimate of drug-likeness (QED) is 0.278. The Kier molecular flexibility index (Phi) is 6.64. The minimum atomic E-state index is -3.61. The smallest absolute Gasteiger partial charge is 0.241 e. The van der Waals surface area contributed by atoms with Crippen LogP contribution < -0.4 is 10.0 Å². The summed E-state index contributed by atoms with van der Waals surface area (Å²) in [6, 6.07) is 20.1. The number of carbonyl (C=O) groups excluding carboxylic acids is 1. The van der Waals surface area contributed by atoms with E-state index in [0.717, 1.165) is 10.9 Å². The van der Waals surface area contributed by atoms with E-state index in [1.165, 1.54) is 11.3 Å². The zero-order chi connectivity index (χ0) is 22.6. The molecule has 0 aliphatic carbocycles. The Balaban J connectivity index is 1.31. The fourth-order valence-electron chi connectivity index (χ4n) is 3.42. The Hall–Kier alpha value is -3.07. The highest BCUT2D eigenvalue weighted by Gasteiger charge is 2.17. The summed E-state index contributed by atoms with van der Waals surface area (Å²) in [6.45, 7) is 2.73. The van der Waals surface area contributed by atoms with Crippen LogP contribution in [0, 0.1) is 6.92 Å². The Labute approximate surface area is 191 Å². The van der Waals surface area contributed by atoms with Gasteiger partial charge in [0.05, 0.1) is 16.0 Å². The molecule has 0 spiro atoms. The third-order valence-electron chi connectivity index (χ3n) is 5.08. The predicted octanol–water partition coefficient (Wildman–Crippen LogP) is 4.62. The number of benzene rings is 3. The van der Waals surface area contributed by atoms with Crippen molar-refractivity contribution < 1.29 is 13.2 Å². The van der Waals surface area contributed by atoms with Crippen molar-refractivity contribution in [2.45, 2.75) is 18.2 Å². The fourth-order valence-corrected chi connectivity index (χ4v) is 5.52. The predicted molar refractivity (Wildman–Crippen MR) is 129 cm³/mol. The highest BCUT2D eigenvalue weighted by atomic mass is 32.2. The van der Waals surface area contributed by atoms with Crippen LogP contribution in [0.4, 0.5) is 5.13 Å². The van der Waals surface area contributed by atoms with Crippen LogP contribution in [-0.4, -0.2) is 32.3 Å². The molecular formula is C24H23N3O3S2. The van der Waals surface area contributed by atoms with Gasteiger partial charge < -0.3 is 5.32 Å². The molecule has 164 valence electrons. The van der Waals surface area contributed by atoms with Crippen LogP contribution in [0.5, 0.6) is 0 Å². The van der Waals surface area contributed by atoms with Gasteiger partial charge in [-0.05, 0) is 30.4 Å². The van der Waals surface area contributed by atoms with Crippen LogP contribution in [0.25, 0.3) is 10.8 Å². The molecule has 0 unspecified atom stereocenters. The van der Waals surface area contributed by atoms with Crippen molar-refractivity contribution in [1.82, 2.24) is 9.71 Å². The number of ketones is 1. The molecule has 0 saturated carbocycles. The molecular weight excluding hydrogens is 442 g/mol. The van der Waals surface area contributed by atoms with Crippen molar-refractivity contribution in [3.05, 3.63) is 88.9 Å². The van der Waals surface area contributed by atoms with Crippen molar-refractivity contribution in [3.8, 4) is 0 Å². The molecule has 2 N–H and O–H groups in total. The molecule has 0 aliphatic heterocycles. The van der Waals surface area contributed by atoms with Gasteiger partial charge in [0, 0.05) is 24.0 Å². The number of rotatable bonds is 9. The molecule has 0 fully saturated rings. The van der Waals surface area contributed by atoms with Crippen molar-refractivity contribution in [1.29, 1.82) is 0 Å². The van der Waals surface area contributed by atoms with Crippen molar-refractivity contribution in [3.63, 3.8) is 0 Å². The topological polar surface area (TPSA) is 88.2 Å². The maximum atomic E-state index is 12.7. The summed E-state index contributed by atoms with van der Waals surface area (Å²) >= 11 is 1.30. The number of fused-ring (bicyclic) bond motifs is 1. The minimum absolute atomic E-state index is 0.0449. The summed E-state index contributed by atoms with van der Waals surface area (Å²) < 4.78 is 28.1. The number of nitrogens with one attached hydrogen (secondary N) is 2. The molecule has 0 radical (unpaired) electrons. The first kappa shape index (κ1) is 22.1. The number of aromatic nitrogens is 1. The fraction of sp³-hybridized carbons (Fsp3) is 0.167. The lowest BCUT2D eigenvalue weighted by Gasteiger charge is -2.09.